The molecule has 2 atom stereocenters. The molecule has 0 aliphatic heterocycles. The van der Waals surface area contributed by atoms with Crippen LogP contribution in [0.1, 0.15) is 18.9 Å². The number of benzene rings is 1. The maximum Gasteiger partial charge on any atom is 0.126 e. The van der Waals surface area contributed by atoms with Gasteiger partial charge >= 0.3 is 0 Å². The summed E-state index contributed by atoms with van der Waals surface area (Å²) in [5.41, 5.74) is -0.652. The van der Waals surface area contributed by atoms with E-state index in [0.717, 1.165) is 6.07 Å². The topological polar surface area (TPSA) is 20.2 Å². The lowest BCUT2D eigenvalue weighted by molar-refractivity contribution is 0.134. The first kappa shape index (κ1) is 8.63. The molecule has 1 N–H and O–H groups in total. The van der Waals surface area contributed by atoms with Gasteiger partial charge in [-0.3, -0.25) is 0 Å². The molecule has 70 valence electrons. The highest BCUT2D eigenvalue weighted by atomic mass is 19.1. The minimum absolute atomic E-state index is 0.0914. The van der Waals surface area contributed by atoms with E-state index in [1.165, 1.54) is 12.1 Å². The Morgan fingerprint density at radius 2 is 1.77 bits per heavy atom. The highest BCUT2D eigenvalue weighted by molar-refractivity contribution is 5.30. The fraction of sp³-hybridized carbons (Fsp3) is 0.400. The zero-order valence-electron chi connectivity index (χ0n) is 7.22. The van der Waals surface area contributed by atoms with E-state index < -0.39 is 17.2 Å². The highest BCUT2D eigenvalue weighted by Gasteiger charge is 2.51. The molecule has 0 amide bonds. The quantitative estimate of drug-likeness (QED) is 0.709. The molecule has 2 unspecified atom stereocenters. The van der Waals surface area contributed by atoms with Crippen LogP contribution in [-0.2, 0) is 5.60 Å². The van der Waals surface area contributed by atoms with Crippen LogP contribution >= 0.6 is 0 Å². The van der Waals surface area contributed by atoms with Crippen molar-refractivity contribution in [2.45, 2.75) is 18.9 Å². The molecule has 1 fully saturated rings. The summed E-state index contributed by atoms with van der Waals surface area (Å²) in [6.07, 6.45) is 0.579. The molecule has 1 nitrogen and oxygen atoms in total. The van der Waals surface area contributed by atoms with Crippen LogP contribution in [0.15, 0.2) is 18.2 Å². The van der Waals surface area contributed by atoms with Crippen molar-refractivity contribution in [1.29, 1.82) is 0 Å². The largest absolute Gasteiger partial charge is 0.385 e. The van der Waals surface area contributed by atoms with Crippen molar-refractivity contribution in [2.24, 2.45) is 5.92 Å². The number of rotatable bonds is 1. The second-order valence-electron chi connectivity index (χ2n) is 3.69. The smallest absolute Gasteiger partial charge is 0.126 e. The summed E-state index contributed by atoms with van der Waals surface area (Å²) in [7, 11) is 0. The van der Waals surface area contributed by atoms with Crippen LogP contribution in [0.3, 0.4) is 0 Å². The van der Waals surface area contributed by atoms with Crippen molar-refractivity contribution < 1.29 is 13.9 Å². The minimum atomic E-state index is -0.997. The Morgan fingerprint density at radius 1 is 1.31 bits per heavy atom. The van der Waals surface area contributed by atoms with Crippen molar-refractivity contribution in [1.82, 2.24) is 0 Å². The summed E-state index contributed by atoms with van der Waals surface area (Å²) in [5.74, 6) is -1.18. The molecule has 0 aromatic heterocycles. The molecule has 1 aromatic carbocycles. The van der Waals surface area contributed by atoms with Crippen molar-refractivity contribution in [2.75, 3.05) is 0 Å². The summed E-state index contributed by atoms with van der Waals surface area (Å²) in [4.78, 5) is 0. The van der Waals surface area contributed by atoms with Gasteiger partial charge in [0.15, 0.2) is 0 Å². The molecule has 1 aliphatic carbocycles. The number of halogens is 2. The Hall–Kier alpha value is -0.960. The average Bonchev–Trinajstić information content (AvgIpc) is 2.59. The maximum atomic E-state index is 12.8. The molecule has 0 spiro atoms. The normalized spacial score (nSPS) is 31.8. The van der Waals surface area contributed by atoms with Crippen molar-refractivity contribution >= 4 is 0 Å². The van der Waals surface area contributed by atoms with Crippen molar-refractivity contribution in [3.8, 4) is 0 Å². The predicted molar refractivity (Wildman–Crippen MR) is 44.0 cm³/mol. The van der Waals surface area contributed by atoms with Gasteiger partial charge in [-0.2, -0.15) is 0 Å². The van der Waals surface area contributed by atoms with E-state index in [-0.39, 0.29) is 5.92 Å². The van der Waals surface area contributed by atoms with Crippen molar-refractivity contribution in [3.05, 3.63) is 35.4 Å². The van der Waals surface area contributed by atoms with E-state index in [9.17, 15) is 13.9 Å². The van der Waals surface area contributed by atoms with E-state index >= 15 is 0 Å². The third-order valence-electron chi connectivity index (χ3n) is 2.63. The standard InChI is InChI=1S/C10H10F2O/c1-6-5-10(6,13)7-2-8(11)4-9(12)3-7/h2-4,6,13H,5H2,1H3. The van der Waals surface area contributed by atoms with Gasteiger partial charge in [-0.1, -0.05) is 6.92 Å². The van der Waals surface area contributed by atoms with Gasteiger partial charge in [0.1, 0.15) is 11.6 Å². The Balaban J connectivity index is 2.42. The van der Waals surface area contributed by atoms with Crippen LogP contribution in [0, 0.1) is 17.6 Å². The fourth-order valence-corrected chi connectivity index (χ4v) is 1.61. The van der Waals surface area contributed by atoms with Gasteiger partial charge in [0, 0.05) is 6.07 Å². The summed E-state index contributed by atoms with van der Waals surface area (Å²) >= 11 is 0. The van der Waals surface area contributed by atoms with E-state index in [2.05, 4.69) is 0 Å². The molecule has 1 saturated carbocycles. The molecule has 1 aliphatic rings. The molecule has 0 bridgehead atoms. The van der Waals surface area contributed by atoms with E-state index in [1.54, 1.807) is 0 Å². The van der Waals surface area contributed by atoms with Crippen LogP contribution in [-0.4, -0.2) is 5.11 Å². The monoisotopic (exact) mass is 184 g/mol. The van der Waals surface area contributed by atoms with E-state index in [0.29, 0.717) is 12.0 Å². The summed E-state index contributed by atoms with van der Waals surface area (Å²) < 4.78 is 25.5. The average molecular weight is 184 g/mol. The second-order valence-corrected chi connectivity index (χ2v) is 3.69. The molecule has 1 aromatic rings. The minimum Gasteiger partial charge on any atom is -0.385 e. The lowest BCUT2D eigenvalue weighted by Crippen LogP contribution is -2.08. The Bertz CT molecular complexity index is 331. The van der Waals surface area contributed by atoms with Crippen molar-refractivity contribution in [3.63, 3.8) is 0 Å². The molecule has 0 saturated heterocycles. The first-order valence-electron chi connectivity index (χ1n) is 4.21. The third-order valence-corrected chi connectivity index (χ3v) is 2.63. The van der Waals surface area contributed by atoms with Crippen LogP contribution in [0.4, 0.5) is 8.78 Å². The number of hydrogen-bond acceptors (Lipinski definition) is 1. The molecular weight excluding hydrogens is 174 g/mol. The van der Waals surface area contributed by atoms with Gasteiger partial charge in [-0.05, 0) is 30.0 Å². The Kier molecular flexibility index (Phi) is 1.67. The maximum absolute atomic E-state index is 12.8. The molecule has 0 heterocycles. The summed E-state index contributed by atoms with van der Waals surface area (Å²) in [6, 6.07) is 3.18. The lowest BCUT2D eigenvalue weighted by atomic mass is 10.1. The van der Waals surface area contributed by atoms with Gasteiger partial charge < -0.3 is 5.11 Å². The highest BCUT2D eigenvalue weighted by Crippen LogP contribution is 2.51. The molecule has 2 rings (SSSR count). The Labute approximate surface area is 75.0 Å². The van der Waals surface area contributed by atoms with E-state index in [1.807, 2.05) is 6.92 Å². The van der Waals surface area contributed by atoms with Gasteiger partial charge in [0.05, 0.1) is 5.60 Å². The summed E-state index contributed by atoms with van der Waals surface area (Å²) in [5, 5.41) is 9.78. The molecule has 13 heavy (non-hydrogen) atoms. The van der Waals surface area contributed by atoms with E-state index in [4.69, 9.17) is 0 Å². The number of aliphatic hydroxyl groups is 1. The Morgan fingerprint density at radius 3 is 2.15 bits per heavy atom. The second kappa shape index (κ2) is 2.51. The zero-order valence-corrected chi connectivity index (χ0v) is 7.22. The van der Waals surface area contributed by atoms with Crippen LogP contribution in [0.25, 0.3) is 0 Å². The van der Waals surface area contributed by atoms with Gasteiger partial charge in [0.2, 0.25) is 0 Å². The van der Waals surface area contributed by atoms with Gasteiger partial charge in [-0.15, -0.1) is 0 Å². The first-order valence-corrected chi connectivity index (χ1v) is 4.21. The van der Waals surface area contributed by atoms with Crippen LogP contribution in [0.2, 0.25) is 0 Å². The number of hydrogen-bond donors (Lipinski definition) is 1. The molecular formula is C10H10F2O. The van der Waals surface area contributed by atoms with Crippen LogP contribution < -0.4 is 0 Å². The molecule has 0 radical (unpaired) electrons. The van der Waals surface area contributed by atoms with Gasteiger partial charge in [-0.25, -0.2) is 8.78 Å². The van der Waals surface area contributed by atoms with Gasteiger partial charge in [0.25, 0.3) is 0 Å². The first-order chi connectivity index (χ1) is 6.02. The zero-order chi connectivity index (χ0) is 9.64. The summed E-state index contributed by atoms with van der Waals surface area (Å²) in [6.45, 7) is 1.85. The lowest BCUT2D eigenvalue weighted by Gasteiger charge is -2.09. The third kappa shape index (κ3) is 1.33. The van der Waals surface area contributed by atoms with Crippen LogP contribution in [0.5, 0.6) is 0 Å². The molecule has 3 heteroatoms. The SMILES string of the molecule is CC1CC1(O)c1cc(F)cc(F)c1. The fourth-order valence-electron chi connectivity index (χ4n) is 1.61. The predicted octanol–water partition coefficient (Wildman–Crippen LogP) is 2.19.